The largest absolute Gasteiger partial charge is 0.388 e. The molecule has 1 heterocycles. The summed E-state index contributed by atoms with van der Waals surface area (Å²) in [5, 5.41) is 18.2. The summed E-state index contributed by atoms with van der Waals surface area (Å²) < 4.78 is 1.81. The van der Waals surface area contributed by atoms with Crippen molar-refractivity contribution in [1.29, 1.82) is 0 Å². The molecular formula is C11H11Cl2N3O. The molecule has 0 radical (unpaired) electrons. The lowest BCUT2D eigenvalue weighted by Gasteiger charge is -2.07. The van der Waals surface area contributed by atoms with Gasteiger partial charge < -0.3 is 9.67 Å². The van der Waals surface area contributed by atoms with Crippen LogP contribution in [-0.4, -0.2) is 19.9 Å². The Morgan fingerprint density at radius 1 is 1.29 bits per heavy atom. The molecule has 1 aromatic carbocycles. The highest BCUT2D eigenvalue weighted by atomic mass is 35.5. The van der Waals surface area contributed by atoms with E-state index in [9.17, 15) is 0 Å². The normalized spacial score (nSPS) is 10.8. The molecule has 4 nitrogen and oxygen atoms in total. The zero-order valence-corrected chi connectivity index (χ0v) is 10.7. The third kappa shape index (κ3) is 2.29. The molecule has 0 aliphatic carbocycles. The zero-order valence-electron chi connectivity index (χ0n) is 9.19. The first-order chi connectivity index (χ1) is 8.17. The number of hydrogen-bond donors (Lipinski definition) is 1. The van der Waals surface area contributed by atoms with Gasteiger partial charge in [-0.25, -0.2) is 0 Å². The van der Waals surface area contributed by atoms with E-state index in [-0.39, 0.29) is 6.61 Å². The number of aliphatic hydroxyl groups excluding tert-OH is 1. The van der Waals surface area contributed by atoms with Crippen LogP contribution < -0.4 is 0 Å². The fourth-order valence-electron chi connectivity index (χ4n) is 1.65. The van der Waals surface area contributed by atoms with Crippen LogP contribution in [0.4, 0.5) is 0 Å². The van der Waals surface area contributed by atoms with Crippen molar-refractivity contribution in [3.63, 3.8) is 0 Å². The minimum absolute atomic E-state index is 0.147. The molecule has 1 N–H and O–H groups in total. The number of nitrogens with zero attached hydrogens (tertiary/aromatic N) is 3. The topological polar surface area (TPSA) is 50.9 Å². The predicted molar refractivity (Wildman–Crippen MR) is 67.1 cm³/mol. The monoisotopic (exact) mass is 271 g/mol. The Bertz CT molecular complexity index is 540. The Hall–Kier alpha value is -1.10. The van der Waals surface area contributed by atoms with Gasteiger partial charge in [0.2, 0.25) is 0 Å². The summed E-state index contributed by atoms with van der Waals surface area (Å²) in [5.74, 6) is 1.16. The van der Waals surface area contributed by atoms with Crippen LogP contribution in [0.2, 0.25) is 10.0 Å². The molecule has 6 heteroatoms. The highest BCUT2D eigenvalue weighted by Crippen LogP contribution is 2.29. The first-order valence-corrected chi connectivity index (χ1v) is 5.91. The minimum Gasteiger partial charge on any atom is -0.388 e. The third-order valence-electron chi connectivity index (χ3n) is 2.46. The molecule has 0 bridgehead atoms. The summed E-state index contributed by atoms with van der Waals surface area (Å²) >= 11 is 12.0. The predicted octanol–water partition coefficient (Wildman–Crippen LogP) is 2.76. The van der Waals surface area contributed by atoms with E-state index in [0.29, 0.717) is 28.2 Å². The summed E-state index contributed by atoms with van der Waals surface area (Å²) in [5.41, 5.74) is 0.755. The van der Waals surface area contributed by atoms with Crippen LogP contribution in [0.5, 0.6) is 0 Å². The Balaban J connectivity index is 2.56. The summed E-state index contributed by atoms with van der Waals surface area (Å²) in [6.07, 6.45) is 0. The summed E-state index contributed by atoms with van der Waals surface area (Å²) in [4.78, 5) is 0. The van der Waals surface area contributed by atoms with E-state index in [4.69, 9.17) is 28.3 Å². The van der Waals surface area contributed by atoms with E-state index in [1.54, 1.807) is 18.2 Å². The number of aliphatic hydroxyl groups is 1. The second-order valence-corrected chi connectivity index (χ2v) is 4.31. The molecular weight excluding hydrogens is 261 g/mol. The van der Waals surface area contributed by atoms with Crippen molar-refractivity contribution < 1.29 is 5.11 Å². The summed E-state index contributed by atoms with van der Waals surface area (Å²) in [7, 11) is 0. The van der Waals surface area contributed by atoms with Crippen molar-refractivity contribution in [2.45, 2.75) is 20.1 Å². The van der Waals surface area contributed by atoms with E-state index in [1.165, 1.54) is 0 Å². The molecule has 0 saturated carbocycles. The van der Waals surface area contributed by atoms with Crippen LogP contribution in [0.25, 0.3) is 11.4 Å². The second kappa shape index (κ2) is 5.04. The van der Waals surface area contributed by atoms with Crippen molar-refractivity contribution in [2.24, 2.45) is 0 Å². The van der Waals surface area contributed by atoms with Gasteiger partial charge in [-0.2, -0.15) is 0 Å². The van der Waals surface area contributed by atoms with Gasteiger partial charge in [0.1, 0.15) is 6.61 Å². The Kier molecular flexibility index (Phi) is 3.66. The average Bonchev–Trinajstić information content (AvgIpc) is 2.71. The first kappa shape index (κ1) is 12.4. The Morgan fingerprint density at radius 2 is 2.06 bits per heavy atom. The number of rotatable bonds is 3. The molecule has 2 aromatic rings. The SMILES string of the molecule is CCn1c(CO)nnc1-c1ccc(Cl)cc1Cl. The number of benzene rings is 1. The van der Waals surface area contributed by atoms with Gasteiger partial charge in [-0.1, -0.05) is 23.2 Å². The quantitative estimate of drug-likeness (QED) is 0.934. The highest BCUT2D eigenvalue weighted by Gasteiger charge is 2.14. The van der Waals surface area contributed by atoms with Crippen LogP contribution in [0, 0.1) is 0 Å². The van der Waals surface area contributed by atoms with Gasteiger partial charge in [0.25, 0.3) is 0 Å². The minimum atomic E-state index is -0.147. The van der Waals surface area contributed by atoms with E-state index in [2.05, 4.69) is 10.2 Å². The van der Waals surface area contributed by atoms with Crippen molar-refractivity contribution in [1.82, 2.24) is 14.8 Å². The highest BCUT2D eigenvalue weighted by molar-refractivity contribution is 6.36. The molecule has 0 aliphatic heterocycles. The molecule has 0 aliphatic rings. The Labute approximate surface area is 109 Å². The van der Waals surface area contributed by atoms with Gasteiger partial charge in [-0.3, -0.25) is 0 Å². The van der Waals surface area contributed by atoms with Crippen LogP contribution in [0.1, 0.15) is 12.7 Å². The van der Waals surface area contributed by atoms with Crippen LogP contribution >= 0.6 is 23.2 Å². The van der Waals surface area contributed by atoms with Gasteiger partial charge in [-0.05, 0) is 25.1 Å². The molecule has 0 unspecified atom stereocenters. The zero-order chi connectivity index (χ0) is 12.4. The molecule has 17 heavy (non-hydrogen) atoms. The van der Waals surface area contributed by atoms with Crippen LogP contribution in [0.3, 0.4) is 0 Å². The van der Waals surface area contributed by atoms with E-state index in [1.807, 2.05) is 11.5 Å². The fourth-order valence-corrected chi connectivity index (χ4v) is 2.15. The first-order valence-electron chi connectivity index (χ1n) is 5.15. The van der Waals surface area contributed by atoms with E-state index in [0.717, 1.165) is 5.56 Å². The third-order valence-corrected chi connectivity index (χ3v) is 3.00. The standard InChI is InChI=1S/C11H11Cl2N3O/c1-2-16-10(6-17)14-15-11(16)8-4-3-7(12)5-9(8)13/h3-5,17H,2,6H2,1H3. The Morgan fingerprint density at radius 3 is 2.65 bits per heavy atom. The van der Waals surface area contributed by atoms with E-state index >= 15 is 0 Å². The van der Waals surface area contributed by atoms with Gasteiger partial charge >= 0.3 is 0 Å². The number of halogens is 2. The molecule has 0 spiro atoms. The number of aromatic nitrogens is 3. The number of hydrogen-bond acceptors (Lipinski definition) is 3. The maximum atomic E-state index is 9.15. The van der Waals surface area contributed by atoms with E-state index < -0.39 is 0 Å². The van der Waals surface area contributed by atoms with Gasteiger partial charge in [0.05, 0.1) is 5.02 Å². The lowest BCUT2D eigenvalue weighted by molar-refractivity contribution is 0.265. The summed E-state index contributed by atoms with van der Waals surface area (Å²) in [6, 6.07) is 5.20. The molecule has 0 amide bonds. The molecule has 90 valence electrons. The molecule has 0 fully saturated rings. The fraction of sp³-hybridized carbons (Fsp3) is 0.273. The van der Waals surface area contributed by atoms with Gasteiger partial charge in [0, 0.05) is 17.1 Å². The summed E-state index contributed by atoms with van der Waals surface area (Å²) in [6.45, 7) is 2.47. The lowest BCUT2D eigenvalue weighted by Crippen LogP contribution is -2.03. The van der Waals surface area contributed by atoms with Crippen molar-refractivity contribution in [3.8, 4) is 11.4 Å². The molecule has 2 rings (SSSR count). The average molecular weight is 272 g/mol. The van der Waals surface area contributed by atoms with Crippen molar-refractivity contribution in [3.05, 3.63) is 34.1 Å². The molecule has 0 saturated heterocycles. The smallest absolute Gasteiger partial charge is 0.165 e. The van der Waals surface area contributed by atoms with Gasteiger partial charge in [-0.15, -0.1) is 10.2 Å². The second-order valence-electron chi connectivity index (χ2n) is 3.47. The van der Waals surface area contributed by atoms with Crippen molar-refractivity contribution >= 4 is 23.2 Å². The van der Waals surface area contributed by atoms with Crippen LogP contribution in [-0.2, 0) is 13.2 Å². The molecule has 1 aromatic heterocycles. The van der Waals surface area contributed by atoms with Crippen molar-refractivity contribution in [2.75, 3.05) is 0 Å². The van der Waals surface area contributed by atoms with Gasteiger partial charge in [0.15, 0.2) is 11.6 Å². The lowest BCUT2D eigenvalue weighted by atomic mass is 10.2. The van der Waals surface area contributed by atoms with Crippen LogP contribution in [0.15, 0.2) is 18.2 Å². The molecule has 0 atom stereocenters. The maximum absolute atomic E-state index is 9.15. The maximum Gasteiger partial charge on any atom is 0.165 e.